The molecule has 3 heteroatoms. The van der Waals surface area contributed by atoms with E-state index in [1.165, 1.54) is 5.56 Å². The maximum Gasteiger partial charge on any atom is 0.320 e. The van der Waals surface area contributed by atoms with Crippen LogP contribution in [0, 0.1) is 0 Å². The number of hydrogen-bond donors (Lipinski definition) is 2. The molecule has 0 bridgehead atoms. The molecule has 0 aliphatic rings. The number of hydrogen-bond acceptors (Lipinski definition) is 2. The van der Waals surface area contributed by atoms with E-state index < -0.39 is 12.0 Å². The Bertz CT molecular complexity index is 368. The molecular weight excluding hydrogens is 226 g/mol. The molecule has 1 aromatic carbocycles. The van der Waals surface area contributed by atoms with Crippen molar-refractivity contribution in [2.75, 3.05) is 0 Å². The summed E-state index contributed by atoms with van der Waals surface area (Å²) in [6.07, 6.45) is 2.46. The lowest BCUT2D eigenvalue weighted by Gasteiger charge is -2.26. The molecule has 1 rings (SSSR count). The van der Waals surface area contributed by atoms with Crippen molar-refractivity contribution in [2.24, 2.45) is 0 Å². The van der Waals surface area contributed by atoms with Crippen LogP contribution in [0.2, 0.25) is 0 Å². The zero-order chi connectivity index (χ0) is 13.6. The highest BCUT2D eigenvalue weighted by Crippen LogP contribution is 2.10. The maximum atomic E-state index is 11.2. The van der Waals surface area contributed by atoms with E-state index in [9.17, 15) is 9.90 Å². The van der Waals surface area contributed by atoms with Gasteiger partial charge in [0.25, 0.3) is 0 Å². The SMILES string of the molecule is CC(C)(C)NC(CCCc1ccccc1)C(=O)O. The second kappa shape index (κ2) is 6.55. The number of benzene rings is 1. The summed E-state index contributed by atoms with van der Waals surface area (Å²) in [6.45, 7) is 5.96. The van der Waals surface area contributed by atoms with Crippen molar-refractivity contribution in [1.29, 1.82) is 0 Å². The van der Waals surface area contributed by atoms with Gasteiger partial charge in [-0.2, -0.15) is 0 Å². The fourth-order valence-corrected chi connectivity index (χ4v) is 1.94. The van der Waals surface area contributed by atoms with Gasteiger partial charge in [-0.3, -0.25) is 10.1 Å². The summed E-state index contributed by atoms with van der Waals surface area (Å²) in [5, 5.41) is 12.3. The van der Waals surface area contributed by atoms with Gasteiger partial charge in [-0.05, 0) is 45.6 Å². The Morgan fingerprint density at radius 1 is 1.28 bits per heavy atom. The second-order valence-corrected chi connectivity index (χ2v) is 5.66. The van der Waals surface area contributed by atoms with Crippen molar-refractivity contribution in [2.45, 2.75) is 51.6 Å². The highest BCUT2D eigenvalue weighted by Gasteiger charge is 2.22. The molecule has 0 heterocycles. The number of carbonyl (C=O) groups is 1. The summed E-state index contributed by atoms with van der Waals surface area (Å²) >= 11 is 0. The molecule has 0 amide bonds. The fourth-order valence-electron chi connectivity index (χ4n) is 1.94. The molecule has 1 atom stereocenters. The van der Waals surface area contributed by atoms with Crippen LogP contribution in [0.15, 0.2) is 30.3 Å². The number of carboxylic acid groups (broad SMARTS) is 1. The lowest BCUT2D eigenvalue weighted by Crippen LogP contribution is -2.47. The van der Waals surface area contributed by atoms with Gasteiger partial charge in [0.05, 0.1) is 0 Å². The molecule has 0 fully saturated rings. The predicted octanol–water partition coefficient (Wildman–Crippen LogP) is 2.85. The normalized spacial score (nSPS) is 13.3. The molecule has 0 aliphatic heterocycles. The van der Waals surface area contributed by atoms with Gasteiger partial charge in [0.15, 0.2) is 0 Å². The Labute approximate surface area is 109 Å². The number of nitrogens with one attached hydrogen (secondary N) is 1. The minimum Gasteiger partial charge on any atom is -0.480 e. The molecule has 1 unspecified atom stereocenters. The first-order valence-corrected chi connectivity index (χ1v) is 6.43. The van der Waals surface area contributed by atoms with E-state index in [2.05, 4.69) is 17.4 Å². The third-order valence-electron chi connectivity index (χ3n) is 2.71. The molecule has 1 aromatic rings. The highest BCUT2D eigenvalue weighted by molar-refractivity contribution is 5.73. The van der Waals surface area contributed by atoms with Crippen LogP contribution < -0.4 is 5.32 Å². The highest BCUT2D eigenvalue weighted by atomic mass is 16.4. The van der Waals surface area contributed by atoms with Crippen LogP contribution in [-0.2, 0) is 11.2 Å². The topological polar surface area (TPSA) is 49.3 Å². The monoisotopic (exact) mass is 249 g/mol. The third-order valence-corrected chi connectivity index (χ3v) is 2.71. The first kappa shape index (κ1) is 14.7. The molecule has 0 radical (unpaired) electrons. The van der Waals surface area contributed by atoms with Gasteiger partial charge in [-0.25, -0.2) is 0 Å². The van der Waals surface area contributed by atoms with Gasteiger partial charge >= 0.3 is 5.97 Å². The van der Waals surface area contributed by atoms with Gasteiger partial charge in [-0.1, -0.05) is 30.3 Å². The van der Waals surface area contributed by atoms with E-state index in [0.29, 0.717) is 6.42 Å². The van der Waals surface area contributed by atoms with E-state index in [0.717, 1.165) is 12.8 Å². The van der Waals surface area contributed by atoms with E-state index >= 15 is 0 Å². The molecule has 0 aromatic heterocycles. The quantitative estimate of drug-likeness (QED) is 0.815. The Morgan fingerprint density at radius 2 is 1.89 bits per heavy atom. The van der Waals surface area contributed by atoms with Crippen LogP contribution >= 0.6 is 0 Å². The average Bonchev–Trinajstić information content (AvgIpc) is 2.27. The van der Waals surface area contributed by atoms with E-state index in [1.54, 1.807) is 0 Å². The van der Waals surface area contributed by atoms with E-state index in [4.69, 9.17) is 0 Å². The van der Waals surface area contributed by atoms with Crippen molar-refractivity contribution in [3.05, 3.63) is 35.9 Å². The van der Waals surface area contributed by atoms with Gasteiger partial charge in [-0.15, -0.1) is 0 Å². The molecule has 0 aliphatic carbocycles. The summed E-state index contributed by atoms with van der Waals surface area (Å²) < 4.78 is 0. The van der Waals surface area contributed by atoms with Crippen LogP contribution in [0.5, 0.6) is 0 Å². The Balaban J connectivity index is 2.41. The minimum atomic E-state index is -0.766. The zero-order valence-electron chi connectivity index (χ0n) is 11.4. The zero-order valence-corrected chi connectivity index (χ0v) is 11.4. The van der Waals surface area contributed by atoms with Crippen LogP contribution in [0.1, 0.15) is 39.2 Å². The third kappa shape index (κ3) is 5.82. The van der Waals surface area contributed by atoms with Crippen molar-refractivity contribution in [3.8, 4) is 0 Å². The van der Waals surface area contributed by atoms with Crippen molar-refractivity contribution >= 4 is 5.97 Å². The summed E-state index contributed by atoms with van der Waals surface area (Å²) in [6, 6.07) is 9.70. The summed E-state index contributed by atoms with van der Waals surface area (Å²) in [5.41, 5.74) is 1.09. The summed E-state index contributed by atoms with van der Waals surface area (Å²) in [7, 11) is 0. The van der Waals surface area contributed by atoms with Crippen LogP contribution in [0.4, 0.5) is 0 Å². The van der Waals surface area contributed by atoms with Crippen LogP contribution in [0.25, 0.3) is 0 Å². The second-order valence-electron chi connectivity index (χ2n) is 5.66. The molecule has 0 saturated heterocycles. The Kier molecular flexibility index (Phi) is 5.35. The lowest BCUT2D eigenvalue weighted by molar-refractivity contribution is -0.140. The van der Waals surface area contributed by atoms with Gasteiger partial charge in [0.2, 0.25) is 0 Å². The molecule has 18 heavy (non-hydrogen) atoms. The fraction of sp³-hybridized carbons (Fsp3) is 0.533. The summed E-state index contributed by atoms with van der Waals surface area (Å²) in [5.74, 6) is -0.766. The molecule has 0 saturated carbocycles. The van der Waals surface area contributed by atoms with Crippen molar-refractivity contribution < 1.29 is 9.90 Å². The van der Waals surface area contributed by atoms with Crippen molar-refractivity contribution in [1.82, 2.24) is 5.32 Å². The smallest absolute Gasteiger partial charge is 0.320 e. The number of aryl methyl sites for hydroxylation is 1. The van der Waals surface area contributed by atoms with Gasteiger partial charge in [0.1, 0.15) is 6.04 Å². The number of rotatable bonds is 6. The standard InChI is InChI=1S/C15H23NO2/c1-15(2,3)16-13(14(17)18)11-7-10-12-8-5-4-6-9-12/h4-6,8-9,13,16H,7,10-11H2,1-3H3,(H,17,18). The molecule has 3 nitrogen and oxygen atoms in total. The number of aliphatic carboxylic acids is 1. The maximum absolute atomic E-state index is 11.2. The van der Waals surface area contributed by atoms with Crippen LogP contribution in [0.3, 0.4) is 0 Å². The van der Waals surface area contributed by atoms with E-state index in [-0.39, 0.29) is 5.54 Å². The minimum absolute atomic E-state index is 0.171. The van der Waals surface area contributed by atoms with Crippen LogP contribution in [-0.4, -0.2) is 22.7 Å². The molecule has 0 spiro atoms. The first-order chi connectivity index (χ1) is 8.38. The molecule has 100 valence electrons. The van der Waals surface area contributed by atoms with Gasteiger partial charge < -0.3 is 5.11 Å². The Hall–Kier alpha value is -1.35. The molecular formula is C15H23NO2. The average molecular weight is 249 g/mol. The van der Waals surface area contributed by atoms with E-state index in [1.807, 2.05) is 39.0 Å². The first-order valence-electron chi connectivity index (χ1n) is 6.43. The van der Waals surface area contributed by atoms with Crippen molar-refractivity contribution in [3.63, 3.8) is 0 Å². The number of carboxylic acids is 1. The predicted molar refractivity (Wildman–Crippen MR) is 73.7 cm³/mol. The summed E-state index contributed by atoms with van der Waals surface area (Å²) in [4.78, 5) is 11.2. The largest absolute Gasteiger partial charge is 0.480 e. The Morgan fingerprint density at radius 3 is 2.39 bits per heavy atom. The van der Waals surface area contributed by atoms with Gasteiger partial charge in [0, 0.05) is 5.54 Å². The molecule has 2 N–H and O–H groups in total. The lowest BCUT2D eigenvalue weighted by atomic mass is 10.0.